The highest BCUT2D eigenvalue weighted by Crippen LogP contribution is 2.40. The molecule has 0 radical (unpaired) electrons. The smallest absolute Gasteiger partial charge is 0.228 e. The average molecular weight is 420 g/mol. The van der Waals surface area contributed by atoms with E-state index in [1.807, 2.05) is 12.1 Å². The molecule has 0 unspecified atom stereocenters. The molecular formula is C20H24N2O6S. The highest BCUT2D eigenvalue weighted by atomic mass is 32.2. The molecule has 0 saturated heterocycles. The van der Waals surface area contributed by atoms with Crippen molar-refractivity contribution in [3.05, 3.63) is 53.6 Å². The van der Waals surface area contributed by atoms with Crippen LogP contribution in [0.2, 0.25) is 0 Å². The Morgan fingerprint density at radius 2 is 1.52 bits per heavy atom. The zero-order valence-corrected chi connectivity index (χ0v) is 17.7. The van der Waals surface area contributed by atoms with Crippen LogP contribution in [0.25, 0.3) is 5.70 Å². The molecule has 1 heterocycles. The Morgan fingerprint density at radius 1 is 0.862 bits per heavy atom. The molecule has 2 aromatic rings. The Bertz CT molecular complexity index is 1040. The van der Waals surface area contributed by atoms with Gasteiger partial charge in [0.05, 0.1) is 46.4 Å². The van der Waals surface area contributed by atoms with E-state index in [0.29, 0.717) is 34.3 Å². The maximum absolute atomic E-state index is 12.5. The molecule has 0 amide bonds. The van der Waals surface area contributed by atoms with E-state index in [0.717, 1.165) is 11.8 Å². The van der Waals surface area contributed by atoms with Gasteiger partial charge in [0.15, 0.2) is 11.5 Å². The Morgan fingerprint density at radius 3 is 2.10 bits per heavy atom. The summed E-state index contributed by atoms with van der Waals surface area (Å²) in [5.74, 6) is 2.28. The van der Waals surface area contributed by atoms with Crippen molar-refractivity contribution in [3.8, 4) is 23.0 Å². The molecule has 1 atom stereocenters. The summed E-state index contributed by atoms with van der Waals surface area (Å²) in [6.45, 7) is 0. The monoisotopic (exact) mass is 420 g/mol. The van der Waals surface area contributed by atoms with Crippen molar-refractivity contribution in [1.29, 1.82) is 0 Å². The Hall–Kier alpha value is -2.91. The van der Waals surface area contributed by atoms with Crippen molar-refractivity contribution < 1.29 is 27.4 Å². The van der Waals surface area contributed by atoms with Crippen molar-refractivity contribution in [3.63, 3.8) is 0 Å². The van der Waals surface area contributed by atoms with Crippen LogP contribution in [0, 0.1) is 0 Å². The van der Waals surface area contributed by atoms with E-state index in [4.69, 9.17) is 18.9 Å². The fourth-order valence-electron chi connectivity index (χ4n) is 3.19. The summed E-state index contributed by atoms with van der Waals surface area (Å²) >= 11 is 0. The van der Waals surface area contributed by atoms with Crippen LogP contribution in [-0.2, 0) is 10.0 Å². The lowest BCUT2D eigenvalue weighted by atomic mass is 10.0. The molecule has 0 aromatic heterocycles. The number of nitrogens with one attached hydrogen (secondary N) is 1. The van der Waals surface area contributed by atoms with Crippen LogP contribution in [0.4, 0.5) is 0 Å². The van der Waals surface area contributed by atoms with Gasteiger partial charge >= 0.3 is 0 Å². The molecule has 0 bridgehead atoms. The van der Waals surface area contributed by atoms with Crippen LogP contribution < -0.4 is 24.4 Å². The van der Waals surface area contributed by atoms with E-state index in [-0.39, 0.29) is 0 Å². The predicted octanol–water partition coefficient (Wildman–Crippen LogP) is 2.58. The maximum Gasteiger partial charge on any atom is 0.228 e. The zero-order chi connectivity index (χ0) is 21.2. The molecule has 29 heavy (non-hydrogen) atoms. The number of hydrogen-bond donors (Lipinski definition) is 1. The van der Waals surface area contributed by atoms with Gasteiger partial charge in [0.25, 0.3) is 0 Å². The topological polar surface area (TPSA) is 86.3 Å². The standard InChI is InChI=1S/C20H24N2O6S/c1-25-14-7-9-18(26-2)15(11-14)17-12-16(21-22(17)29(5,23)24)13-6-8-19(27-3)20(10-13)28-4/h6-12,17,21H,1-5H3/t17-/m0/s1. The second kappa shape index (κ2) is 8.22. The molecule has 0 saturated carbocycles. The van der Waals surface area contributed by atoms with Gasteiger partial charge in [0.1, 0.15) is 11.5 Å². The van der Waals surface area contributed by atoms with Gasteiger partial charge in [-0.05, 0) is 42.5 Å². The van der Waals surface area contributed by atoms with Crippen LogP contribution in [0.5, 0.6) is 23.0 Å². The summed E-state index contributed by atoms with van der Waals surface area (Å²) in [5, 5.41) is 0. The van der Waals surface area contributed by atoms with Gasteiger partial charge in [0, 0.05) is 11.1 Å². The number of ether oxygens (including phenoxy) is 4. The molecule has 2 aromatic carbocycles. The Labute approximate surface area is 170 Å². The highest BCUT2D eigenvalue weighted by Gasteiger charge is 2.35. The summed E-state index contributed by atoms with van der Waals surface area (Å²) in [5.41, 5.74) is 5.01. The Balaban J connectivity index is 2.11. The number of benzene rings is 2. The third-order valence-electron chi connectivity index (χ3n) is 4.62. The predicted molar refractivity (Wildman–Crippen MR) is 110 cm³/mol. The van der Waals surface area contributed by atoms with Crippen LogP contribution in [0.1, 0.15) is 17.2 Å². The summed E-state index contributed by atoms with van der Waals surface area (Å²) in [6.07, 6.45) is 2.96. The van der Waals surface area contributed by atoms with E-state index in [1.54, 1.807) is 51.7 Å². The van der Waals surface area contributed by atoms with E-state index in [1.165, 1.54) is 11.5 Å². The molecule has 1 aliphatic rings. The fourth-order valence-corrected chi connectivity index (χ4v) is 4.04. The first-order valence-electron chi connectivity index (χ1n) is 8.74. The first-order valence-corrected chi connectivity index (χ1v) is 10.6. The zero-order valence-electron chi connectivity index (χ0n) is 16.9. The SMILES string of the molecule is COc1ccc(OC)c([C@@H]2C=C(c3ccc(OC)c(OC)c3)NN2S(C)(=O)=O)c1. The van der Waals surface area contributed by atoms with Crippen LogP contribution >= 0.6 is 0 Å². The lowest BCUT2D eigenvalue weighted by Gasteiger charge is -2.24. The minimum atomic E-state index is -3.60. The highest BCUT2D eigenvalue weighted by molar-refractivity contribution is 7.88. The van der Waals surface area contributed by atoms with Crippen molar-refractivity contribution in [1.82, 2.24) is 9.84 Å². The minimum absolute atomic E-state index is 0.543. The first-order chi connectivity index (χ1) is 13.8. The third kappa shape index (κ3) is 4.10. The van der Waals surface area contributed by atoms with Gasteiger partial charge in [-0.1, -0.05) is 0 Å². The minimum Gasteiger partial charge on any atom is -0.497 e. The summed E-state index contributed by atoms with van der Waals surface area (Å²) in [4.78, 5) is 0. The second-order valence-electron chi connectivity index (χ2n) is 6.37. The summed E-state index contributed by atoms with van der Waals surface area (Å²) in [7, 11) is 2.60. The molecule has 9 heteroatoms. The van der Waals surface area contributed by atoms with Gasteiger partial charge in [-0.25, -0.2) is 8.42 Å². The fraction of sp³-hybridized carbons (Fsp3) is 0.300. The van der Waals surface area contributed by atoms with Gasteiger partial charge in [-0.3, -0.25) is 0 Å². The van der Waals surface area contributed by atoms with E-state index >= 15 is 0 Å². The van der Waals surface area contributed by atoms with Gasteiger partial charge in [0.2, 0.25) is 10.0 Å². The van der Waals surface area contributed by atoms with Gasteiger partial charge < -0.3 is 24.4 Å². The molecule has 0 aliphatic carbocycles. The van der Waals surface area contributed by atoms with Crippen molar-refractivity contribution in [2.45, 2.75) is 6.04 Å². The molecule has 1 aliphatic heterocycles. The second-order valence-corrected chi connectivity index (χ2v) is 8.23. The Kier molecular flexibility index (Phi) is 5.90. The molecule has 156 valence electrons. The summed E-state index contributed by atoms with van der Waals surface area (Å²) in [6, 6.07) is 10.0. The van der Waals surface area contributed by atoms with Crippen LogP contribution in [-0.4, -0.2) is 47.5 Å². The molecule has 8 nitrogen and oxygen atoms in total. The molecule has 0 spiro atoms. The number of rotatable bonds is 7. The van der Waals surface area contributed by atoms with Gasteiger partial charge in [-0.2, -0.15) is 0 Å². The number of hydrazine groups is 1. The van der Waals surface area contributed by atoms with E-state index in [2.05, 4.69) is 5.43 Å². The van der Waals surface area contributed by atoms with Gasteiger partial charge in [-0.15, -0.1) is 4.41 Å². The molecule has 1 N–H and O–H groups in total. The number of nitrogens with zero attached hydrogens (tertiary/aromatic N) is 1. The van der Waals surface area contributed by atoms with Crippen molar-refractivity contribution >= 4 is 15.7 Å². The lowest BCUT2D eigenvalue weighted by molar-refractivity contribution is 0.335. The number of sulfonamides is 1. The summed E-state index contributed by atoms with van der Waals surface area (Å²) < 4.78 is 47.6. The number of methoxy groups -OCH3 is 4. The van der Waals surface area contributed by atoms with E-state index < -0.39 is 16.1 Å². The third-order valence-corrected chi connectivity index (χ3v) is 5.65. The first kappa shape index (κ1) is 20.8. The number of hydrogen-bond acceptors (Lipinski definition) is 7. The van der Waals surface area contributed by atoms with Crippen LogP contribution in [0.3, 0.4) is 0 Å². The molecule has 0 fully saturated rings. The van der Waals surface area contributed by atoms with Crippen molar-refractivity contribution in [2.75, 3.05) is 34.7 Å². The lowest BCUT2D eigenvalue weighted by Crippen LogP contribution is -2.38. The van der Waals surface area contributed by atoms with Crippen LogP contribution in [0.15, 0.2) is 42.5 Å². The quantitative estimate of drug-likeness (QED) is 0.737. The normalized spacial score (nSPS) is 16.7. The average Bonchev–Trinajstić information content (AvgIpc) is 3.18. The largest absolute Gasteiger partial charge is 0.497 e. The van der Waals surface area contributed by atoms with Crippen molar-refractivity contribution in [2.24, 2.45) is 0 Å². The molecular weight excluding hydrogens is 396 g/mol. The molecule has 3 rings (SSSR count). The maximum atomic E-state index is 12.5. The van der Waals surface area contributed by atoms with E-state index in [9.17, 15) is 8.42 Å².